The number of aromatic hydroxyl groups is 1. The predicted molar refractivity (Wildman–Crippen MR) is 66.8 cm³/mol. The fraction of sp³-hybridized carbons (Fsp3) is 0.0714. The second-order valence-electron chi connectivity index (χ2n) is 3.60. The third-order valence-corrected chi connectivity index (χ3v) is 2.44. The summed E-state index contributed by atoms with van der Waals surface area (Å²) in [6, 6.07) is 15.3. The lowest BCUT2D eigenvalue weighted by Crippen LogP contribution is -1.83. The van der Waals surface area contributed by atoms with Crippen molar-refractivity contribution in [2.24, 2.45) is 4.99 Å². The first-order valence-corrected chi connectivity index (χ1v) is 5.11. The number of hydrogen-bond acceptors (Lipinski definition) is 2. The van der Waals surface area contributed by atoms with E-state index in [1.54, 1.807) is 6.07 Å². The van der Waals surface area contributed by atoms with E-state index in [1.807, 2.05) is 42.5 Å². The Morgan fingerprint density at radius 3 is 2.62 bits per heavy atom. The Hall–Kier alpha value is -2.09. The lowest BCUT2D eigenvalue weighted by Gasteiger charge is -2.05. The number of aliphatic imine (C=N–C) groups is 1. The molecule has 16 heavy (non-hydrogen) atoms. The smallest absolute Gasteiger partial charge is 0.123 e. The molecule has 0 fully saturated rings. The third-order valence-electron chi connectivity index (χ3n) is 2.44. The first-order valence-electron chi connectivity index (χ1n) is 5.11. The molecule has 0 saturated carbocycles. The van der Waals surface area contributed by atoms with Gasteiger partial charge < -0.3 is 5.11 Å². The number of hydrogen-bond donors (Lipinski definition) is 1. The molecule has 0 aliphatic heterocycles. The first-order chi connectivity index (χ1) is 7.81. The van der Waals surface area contributed by atoms with Gasteiger partial charge in [0.25, 0.3) is 0 Å². The Balaban J connectivity index is 2.44. The van der Waals surface area contributed by atoms with E-state index in [1.165, 1.54) is 0 Å². The first kappa shape index (κ1) is 10.4. The van der Waals surface area contributed by atoms with Crippen LogP contribution >= 0.6 is 0 Å². The highest BCUT2D eigenvalue weighted by molar-refractivity contribution is 5.70. The number of benzene rings is 2. The highest BCUT2D eigenvalue weighted by Gasteiger charge is 2.03. The Bertz CT molecular complexity index is 506. The Kier molecular flexibility index (Phi) is 3.01. The molecule has 2 aromatic rings. The normalized spacial score (nSPS) is 10.0. The van der Waals surface area contributed by atoms with Gasteiger partial charge in [-0.1, -0.05) is 36.4 Å². The lowest BCUT2D eigenvalue weighted by atomic mass is 10.0. The zero-order chi connectivity index (χ0) is 11.4. The number of nitrogens with zero attached hydrogens (tertiary/aromatic N) is 1. The summed E-state index contributed by atoms with van der Waals surface area (Å²) in [7, 11) is 0. The maximum Gasteiger partial charge on any atom is 0.123 e. The van der Waals surface area contributed by atoms with Gasteiger partial charge in [-0.15, -0.1) is 0 Å². The van der Waals surface area contributed by atoms with Crippen LogP contribution in [0.15, 0.2) is 53.5 Å². The van der Waals surface area contributed by atoms with Crippen molar-refractivity contribution in [3.63, 3.8) is 0 Å². The van der Waals surface area contributed by atoms with Crippen LogP contribution < -0.4 is 0 Å². The van der Waals surface area contributed by atoms with Crippen LogP contribution in [-0.4, -0.2) is 11.8 Å². The Labute approximate surface area is 94.9 Å². The van der Waals surface area contributed by atoms with Crippen LogP contribution in [0.3, 0.4) is 0 Å². The number of phenols is 1. The van der Waals surface area contributed by atoms with E-state index in [2.05, 4.69) is 11.7 Å². The zero-order valence-corrected chi connectivity index (χ0v) is 8.93. The molecular weight excluding hydrogens is 198 g/mol. The summed E-state index contributed by atoms with van der Waals surface area (Å²) in [5, 5.41) is 9.75. The second kappa shape index (κ2) is 4.62. The molecule has 0 aliphatic rings. The molecule has 0 heterocycles. The highest BCUT2D eigenvalue weighted by atomic mass is 16.3. The number of rotatable bonds is 3. The van der Waals surface area contributed by atoms with Gasteiger partial charge in [0.1, 0.15) is 5.75 Å². The molecule has 80 valence electrons. The molecule has 0 aromatic heterocycles. The topological polar surface area (TPSA) is 32.6 Å². The molecule has 1 N–H and O–H groups in total. The molecule has 2 aromatic carbocycles. The van der Waals surface area contributed by atoms with Gasteiger partial charge in [-0.05, 0) is 30.0 Å². The molecule has 0 radical (unpaired) electrons. The molecule has 0 amide bonds. The summed E-state index contributed by atoms with van der Waals surface area (Å²) in [5.41, 5.74) is 2.93. The van der Waals surface area contributed by atoms with Gasteiger partial charge in [0, 0.05) is 5.56 Å². The van der Waals surface area contributed by atoms with E-state index in [4.69, 9.17) is 0 Å². The van der Waals surface area contributed by atoms with Gasteiger partial charge in [-0.2, -0.15) is 0 Å². The van der Waals surface area contributed by atoms with Crippen LogP contribution in [0.5, 0.6) is 5.75 Å². The standard InChI is InChI=1S/C14H13NO/c1-15-10-11-5-4-6-12(9-11)13-7-2-3-8-14(13)16/h2-9,16H,1,10H2. The van der Waals surface area contributed by atoms with Gasteiger partial charge in [0.2, 0.25) is 0 Å². The van der Waals surface area contributed by atoms with Gasteiger partial charge in [0.05, 0.1) is 6.54 Å². The van der Waals surface area contributed by atoms with Crippen LogP contribution in [0.4, 0.5) is 0 Å². The van der Waals surface area contributed by atoms with Crippen LogP contribution in [0.1, 0.15) is 5.56 Å². The minimum atomic E-state index is 0.297. The average molecular weight is 211 g/mol. The lowest BCUT2D eigenvalue weighted by molar-refractivity contribution is 0.477. The minimum absolute atomic E-state index is 0.297. The van der Waals surface area contributed by atoms with Crippen molar-refractivity contribution in [2.75, 3.05) is 0 Å². The fourth-order valence-corrected chi connectivity index (χ4v) is 1.68. The molecule has 2 rings (SSSR count). The van der Waals surface area contributed by atoms with Crippen molar-refractivity contribution < 1.29 is 5.11 Å². The summed E-state index contributed by atoms with van der Waals surface area (Å²) in [5.74, 6) is 0.297. The molecule has 0 saturated heterocycles. The highest BCUT2D eigenvalue weighted by Crippen LogP contribution is 2.28. The van der Waals surface area contributed by atoms with Gasteiger partial charge in [-0.25, -0.2) is 0 Å². The monoisotopic (exact) mass is 211 g/mol. The van der Waals surface area contributed by atoms with E-state index in [0.29, 0.717) is 12.3 Å². The Morgan fingerprint density at radius 2 is 1.88 bits per heavy atom. The second-order valence-corrected chi connectivity index (χ2v) is 3.60. The van der Waals surface area contributed by atoms with E-state index in [9.17, 15) is 5.11 Å². The van der Waals surface area contributed by atoms with Crippen molar-refractivity contribution in [1.82, 2.24) is 0 Å². The maximum atomic E-state index is 9.75. The molecule has 0 atom stereocenters. The van der Waals surface area contributed by atoms with Crippen molar-refractivity contribution in [2.45, 2.75) is 6.54 Å². The van der Waals surface area contributed by atoms with Gasteiger partial charge in [-0.3, -0.25) is 4.99 Å². The van der Waals surface area contributed by atoms with Crippen LogP contribution in [0, 0.1) is 0 Å². The van der Waals surface area contributed by atoms with E-state index >= 15 is 0 Å². The van der Waals surface area contributed by atoms with Crippen LogP contribution in [-0.2, 0) is 6.54 Å². The van der Waals surface area contributed by atoms with Crippen molar-refractivity contribution in [1.29, 1.82) is 0 Å². The Morgan fingerprint density at radius 1 is 1.06 bits per heavy atom. The molecule has 0 unspecified atom stereocenters. The minimum Gasteiger partial charge on any atom is -0.507 e. The van der Waals surface area contributed by atoms with Crippen molar-refractivity contribution in [3.05, 3.63) is 54.1 Å². The molecule has 2 nitrogen and oxygen atoms in total. The quantitative estimate of drug-likeness (QED) is 0.776. The van der Waals surface area contributed by atoms with Crippen LogP contribution in [0.2, 0.25) is 0 Å². The largest absolute Gasteiger partial charge is 0.507 e. The van der Waals surface area contributed by atoms with Crippen molar-refractivity contribution in [3.8, 4) is 16.9 Å². The average Bonchev–Trinajstić information content (AvgIpc) is 2.30. The molecule has 2 heteroatoms. The summed E-state index contributed by atoms with van der Waals surface area (Å²) in [6.07, 6.45) is 0. The summed E-state index contributed by atoms with van der Waals surface area (Å²) >= 11 is 0. The fourth-order valence-electron chi connectivity index (χ4n) is 1.68. The van der Waals surface area contributed by atoms with Crippen LogP contribution in [0.25, 0.3) is 11.1 Å². The number of para-hydroxylation sites is 1. The third kappa shape index (κ3) is 2.11. The maximum absolute atomic E-state index is 9.75. The van der Waals surface area contributed by atoms with E-state index in [0.717, 1.165) is 16.7 Å². The molecule has 0 spiro atoms. The molecule has 0 bridgehead atoms. The van der Waals surface area contributed by atoms with Gasteiger partial charge in [0.15, 0.2) is 0 Å². The number of phenolic OH excluding ortho intramolecular Hbond substituents is 1. The predicted octanol–water partition coefficient (Wildman–Crippen LogP) is 3.26. The summed E-state index contributed by atoms with van der Waals surface area (Å²) in [4.78, 5) is 3.85. The zero-order valence-electron chi connectivity index (χ0n) is 8.93. The summed E-state index contributed by atoms with van der Waals surface area (Å²) in [6.45, 7) is 4.08. The van der Waals surface area contributed by atoms with E-state index < -0.39 is 0 Å². The van der Waals surface area contributed by atoms with Gasteiger partial charge >= 0.3 is 0 Å². The van der Waals surface area contributed by atoms with E-state index in [-0.39, 0.29) is 0 Å². The molecule has 0 aliphatic carbocycles. The molecular formula is C14H13NO. The summed E-state index contributed by atoms with van der Waals surface area (Å²) < 4.78 is 0. The van der Waals surface area contributed by atoms with Crippen molar-refractivity contribution >= 4 is 6.72 Å². The SMILES string of the molecule is C=NCc1cccc(-c2ccccc2O)c1.